The second kappa shape index (κ2) is 12.0. The van der Waals surface area contributed by atoms with Gasteiger partial charge in [-0.25, -0.2) is 28.8 Å². The van der Waals surface area contributed by atoms with Crippen LogP contribution in [-0.2, 0) is 32.8 Å². The number of aryl methyl sites for hydroxylation is 1. The Hall–Kier alpha value is -5.72. The lowest BCUT2D eigenvalue weighted by molar-refractivity contribution is -0.141. The van der Waals surface area contributed by atoms with Crippen LogP contribution in [0.25, 0.3) is 22.6 Å². The zero-order valence-corrected chi connectivity index (χ0v) is 25.1. The Bertz CT molecular complexity index is 1990. The van der Waals surface area contributed by atoms with Gasteiger partial charge in [0.25, 0.3) is 0 Å². The molecule has 2 aromatic carbocycles. The standard InChI is InChI=1S/C33H31FN8O4/c1-3-23(31(44)45)37-24(43)15-12-18-10-13-20(14-11-18)33(2)25-27(35)38-29(39-28(25)40-32(33)46)26-21-8-6-16-36-30(21)42(41-26)17-19-7-4-5-9-22(19)34/h4-11,13-14,16,23H,3,12,15,17H2,1-2H3,(H,37,43)(H,44,45)(H3,35,38,39,40,46)/t23-,33-/m1/s1. The zero-order chi connectivity index (χ0) is 32.6. The van der Waals surface area contributed by atoms with Crippen LogP contribution in [0.15, 0.2) is 66.9 Å². The number of hydrogen-bond acceptors (Lipinski definition) is 8. The van der Waals surface area contributed by atoms with Crippen molar-refractivity contribution < 1.29 is 23.9 Å². The van der Waals surface area contributed by atoms with E-state index in [-0.39, 0.29) is 48.1 Å². The number of carboxylic acid groups (broad SMARTS) is 1. The maximum Gasteiger partial charge on any atom is 0.326 e. The molecule has 5 aromatic rings. The number of aromatic nitrogens is 5. The normalized spacial score (nSPS) is 16.2. The number of hydrogen-bond donors (Lipinski definition) is 4. The summed E-state index contributed by atoms with van der Waals surface area (Å²) in [6.45, 7) is 3.57. The molecule has 0 aliphatic carbocycles. The van der Waals surface area contributed by atoms with Crippen molar-refractivity contribution in [3.05, 3.63) is 94.9 Å². The van der Waals surface area contributed by atoms with E-state index >= 15 is 0 Å². The van der Waals surface area contributed by atoms with Gasteiger partial charge in [-0.15, -0.1) is 0 Å². The number of nitrogens with two attached hydrogens (primary N) is 1. The minimum atomic E-state index is -1.20. The lowest BCUT2D eigenvalue weighted by Crippen LogP contribution is -2.40. The Kier molecular flexibility index (Phi) is 7.90. The summed E-state index contributed by atoms with van der Waals surface area (Å²) < 4.78 is 16.0. The number of halogens is 1. The van der Waals surface area contributed by atoms with Crippen LogP contribution in [0.2, 0.25) is 0 Å². The van der Waals surface area contributed by atoms with Crippen LogP contribution in [0, 0.1) is 5.82 Å². The molecule has 234 valence electrons. The van der Waals surface area contributed by atoms with Gasteiger partial charge >= 0.3 is 5.97 Å². The van der Waals surface area contributed by atoms with E-state index in [1.54, 1.807) is 61.1 Å². The van der Waals surface area contributed by atoms with Crippen LogP contribution in [-0.4, -0.2) is 53.7 Å². The van der Waals surface area contributed by atoms with Crippen LogP contribution in [0.5, 0.6) is 0 Å². The molecule has 2 amide bonds. The second-order valence-corrected chi connectivity index (χ2v) is 11.3. The minimum Gasteiger partial charge on any atom is -0.480 e. The Morgan fingerprint density at radius 3 is 2.59 bits per heavy atom. The Morgan fingerprint density at radius 1 is 1.11 bits per heavy atom. The number of anilines is 2. The number of carbonyl (C=O) groups excluding carboxylic acids is 2. The highest BCUT2D eigenvalue weighted by molar-refractivity contribution is 6.09. The van der Waals surface area contributed by atoms with Crippen molar-refractivity contribution in [1.29, 1.82) is 0 Å². The van der Waals surface area contributed by atoms with Gasteiger partial charge in [-0.05, 0) is 49.1 Å². The van der Waals surface area contributed by atoms with Gasteiger partial charge in [0, 0.05) is 18.2 Å². The third-order valence-electron chi connectivity index (χ3n) is 8.33. The highest BCUT2D eigenvalue weighted by Crippen LogP contribution is 2.45. The average Bonchev–Trinajstić information content (AvgIpc) is 3.54. The summed E-state index contributed by atoms with van der Waals surface area (Å²) in [5.41, 5.74) is 8.61. The van der Waals surface area contributed by atoms with E-state index in [9.17, 15) is 18.8 Å². The molecular formula is C33H31FN8O4. The van der Waals surface area contributed by atoms with Crippen LogP contribution >= 0.6 is 0 Å². The maximum absolute atomic E-state index is 14.5. The van der Waals surface area contributed by atoms with E-state index in [1.807, 2.05) is 18.2 Å². The second-order valence-electron chi connectivity index (χ2n) is 11.3. The molecule has 6 rings (SSSR count). The highest BCUT2D eigenvalue weighted by atomic mass is 19.1. The van der Waals surface area contributed by atoms with Crippen molar-refractivity contribution in [2.24, 2.45) is 0 Å². The number of amides is 2. The topological polar surface area (TPSA) is 178 Å². The Balaban J connectivity index is 1.28. The van der Waals surface area contributed by atoms with Gasteiger partial charge in [-0.3, -0.25) is 9.59 Å². The van der Waals surface area contributed by atoms with E-state index in [0.717, 1.165) is 5.56 Å². The number of nitrogens with one attached hydrogen (secondary N) is 2. The summed E-state index contributed by atoms with van der Waals surface area (Å²) >= 11 is 0. The van der Waals surface area contributed by atoms with Crippen molar-refractivity contribution in [3.63, 3.8) is 0 Å². The van der Waals surface area contributed by atoms with Crippen LogP contribution in [0.3, 0.4) is 0 Å². The average molecular weight is 623 g/mol. The molecule has 0 radical (unpaired) electrons. The predicted octanol–water partition coefficient (Wildman–Crippen LogP) is 3.83. The van der Waals surface area contributed by atoms with Gasteiger partial charge in [0.2, 0.25) is 11.8 Å². The third kappa shape index (κ3) is 5.40. The number of fused-ring (bicyclic) bond motifs is 2. The number of carbonyl (C=O) groups is 3. The molecule has 0 bridgehead atoms. The quantitative estimate of drug-likeness (QED) is 0.180. The van der Waals surface area contributed by atoms with Gasteiger partial charge in [-0.1, -0.05) is 49.4 Å². The first-order valence-corrected chi connectivity index (χ1v) is 14.8. The molecule has 1 aliphatic heterocycles. The number of nitrogen functional groups attached to an aromatic ring is 1. The van der Waals surface area contributed by atoms with E-state index in [1.165, 1.54) is 6.07 Å². The van der Waals surface area contributed by atoms with E-state index in [2.05, 4.69) is 30.7 Å². The van der Waals surface area contributed by atoms with E-state index in [0.29, 0.717) is 46.3 Å². The van der Waals surface area contributed by atoms with E-state index < -0.39 is 17.4 Å². The lowest BCUT2D eigenvalue weighted by atomic mass is 9.77. The highest BCUT2D eigenvalue weighted by Gasteiger charge is 2.47. The van der Waals surface area contributed by atoms with Crippen LogP contribution in [0.4, 0.5) is 16.0 Å². The van der Waals surface area contributed by atoms with Crippen molar-refractivity contribution in [2.45, 2.75) is 51.1 Å². The fourth-order valence-electron chi connectivity index (χ4n) is 5.73. The van der Waals surface area contributed by atoms with Crippen molar-refractivity contribution >= 4 is 40.5 Å². The lowest BCUT2D eigenvalue weighted by Gasteiger charge is -2.23. The number of carboxylic acids is 1. The fourth-order valence-corrected chi connectivity index (χ4v) is 5.73. The van der Waals surface area contributed by atoms with Gasteiger partial charge in [0.1, 0.15) is 34.6 Å². The zero-order valence-electron chi connectivity index (χ0n) is 25.1. The van der Waals surface area contributed by atoms with Gasteiger partial charge < -0.3 is 21.5 Å². The molecular weight excluding hydrogens is 591 g/mol. The Labute approximate surface area is 262 Å². The Morgan fingerprint density at radius 2 is 1.87 bits per heavy atom. The first kappa shape index (κ1) is 30.3. The molecule has 0 saturated heterocycles. The summed E-state index contributed by atoms with van der Waals surface area (Å²) in [4.78, 5) is 50.6. The van der Waals surface area contributed by atoms with Gasteiger partial charge in [0.15, 0.2) is 11.5 Å². The van der Waals surface area contributed by atoms with Crippen LogP contribution < -0.4 is 16.4 Å². The fraction of sp³-hybridized carbons (Fsp3) is 0.242. The van der Waals surface area contributed by atoms with Gasteiger partial charge in [-0.2, -0.15) is 5.10 Å². The maximum atomic E-state index is 14.5. The summed E-state index contributed by atoms with van der Waals surface area (Å²) in [6, 6.07) is 16.3. The molecule has 0 spiro atoms. The molecule has 2 atom stereocenters. The molecule has 13 heteroatoms. The summed E-state index contributed by atoms with van der Waals surface area (Å²) in [5, 5.41) is 19.9. The predicted molar refractivity (Wildman–Crippen MR) is 168 cm³/mol. The molecule has 0 fully saturated rings. The SMILES string of the molecule is CC[C@@H](NC(=O)CCc1ccc([C@@]2(C)C(=O)Nc3nc(-c4nn(Cc5ccccc5F)c5ncccc45)nc(N)c32)cc1)C(=O)O. The monoisotopic (exact) mass is 622 g/mol. The largest absolute Gasteiger partial charge is 0.480 e. The molecule has 1 aliphatic rings. The molecule has 0 unspecified atom stereocenters. The van der Waals surface area contributed by atoms with Crippen LogP contribution in [0.1, 0.15) is 48.9 Å². The molecule has 0 saturated carbocycles. The molecule has 3 aromatic heterocycles. The number of pyridine rings is 1. The molecule has 4 heterocycles. The number of aliphatic carboxylic acids is 1. The summed E-state index contributed by atoms with van der Waals surface area (Å²) in [5.74, 6) is -1.55. The van der Waals surface area contributed by atoms with Crippen molar-refractivity contribution in [1.82, 2.24) is 30.0 Å². The molecule has 12 nitrogen and oxygen atoms in total. The first-order valence-electron chi connectivity index (χ1n) is 14.8. The first-order chi connectivity index (χ1) is 22.1. The summed E-state index contributed by atoms with van der Waals surface area (Å²) in [6.07, 6.45) is 2.42. The molecule has 46 heavy (non-hydrogen) atoms. The molecule has 5 N–H and O–H groups in total. The van der Waals surface area contributed by atoms with E-state index in [4.69, 9.17) is 10.8 Å². The number of benzene rings is 2. The van der Waals surface area contributed by atoms with Gasteiger partial charge in [0.05, 0.1) is 17.5 Å². The smallest absolute Gasteiger partial charge is 0.326 e. The number of nitrogens with zero attached hydrogens (tertiary/aromatic N) is 5. The van der Waals surface area contributed by atoms with Crippen molar-refractivity contribution in [2.75, 3.05) is 11.1 Å². The minimum absolute atomic E-state index is 0.103. The third-order valence-corrected chi connectivity index (χ3v) is 8.33. The summed E-state index contributed by atoms with van der Waals surface area (Å²) in [7, 11) is 0. The van der Waals surface area contributed by atoms with Crippen molar-refractivity contribution in [3.8, 4) is 11.5 Å². The number of rotatable bonds is 10.